The van der Waals surface area contributed by atoms with Crippen molar-refractivity contribution in [1.82, 2.24) is 24.2 Å². The van der Waals surface area contributed by atoms with Crippen molar-refractivity contribution in [2.24, 2.45) is 7.05 Å². The smallest absolute Gasteiger partial charge is 0.322 e. The molecule has 0 saturated carbocycles. The van der Waals surface area contributed by atoms with E-state index in [4.69, 9.17) is 9.15 Å². The lowest BCUT2D eigenvalue weighted by atomic mass is 10.1. The lowest BCUT2D eigenvalue weighted by Gasteiger charge is -2.27. The summed E-state index contributed by atoms with van der Waals surface area (Å²) in [5.74, 6) is 1.56. The number of carbonyl (C=O) groups is 1. The Kier molecular flexibility index (Phi) is 5.54. The number of urea groups is 1. The van der Waals surface area contributed by atoms with Crippen molar-refractivity contribution >= 4 is 22.8 Å². The predicted octanol–water partition coefficient (Wildman–Crippen LogP) is 4.86. The Hall–Kier alpha value is -4.37. The highest BCUT2D eigenvalue weighted by Crippen LogP contribution is 2.31. The molecule has 6 rings (SSSR count). The van der Waals surface area contributed by atoms with Gasteiger partial charge in [0.25, 0.3) is 0 Å². The van der Waals surface area contributed by atoms with Gasteiger partial charge < -0.3 is 19.4 Å². The first-order valence-electron chi connectivity index (χ1n) is 11.9. The number of ether oxygens (including phenoxy) is 1. The summed E-state index contributed by atoms with van der Waals surface area (Å²) in [6, 6.07) is 15.8. The highest BCUT2D eigenvalue weighted by molar-refractivity contribution is 5.91. The average molecular weight is 483 g/mol. The van der Waals surface area contributed by atoms with Gasteiger partial charge >= 0.3 is 6.03 Å². The van der Waals surface area contributed by atoms with Gasteiger partial charge in [0.05, 0.1) is 30.4 Å². The Morgan fingerprint density at radius 1 is 1.00 bits per heavy atom. The van der Waals surface area contributed by atoms with E-state index in [1.54, 1.807) is 15.9 Å². The molecule has 9 heteroatoms. The van der Waals surface area contributed by atoms with E-state index >= 15 is 0 Å². The molecule has 182 valence electrons. The number of nitrogens with one attached hydrogen (secondary N) is 1. The standard InChI is InChI=1S/C27H26N6O3/c1-18-3-6-26(36-18)20-11-22(30-27(34)32-7-9-35-10-8-32)14-23(12-20)33-17-28-24-13-19(4-5-25(24)33)21-15-29-31(2)16-21/h3-6,11-17H,7-10H2,1-2H3,(H,30,34). The molecule has 3 aromatic heterocycles. The minimum Gasteiger partial charge on any atom is -0.461 e. The van der Waals surface area contributed by atoms with Gasteiger partial charge in [-0.05, 0) is 55.0 Å². The van der Waals surface area contributed by atoms with E-state index < -0.39 is 0 Å². The molecule has 2 amide bonds. The maximum Gasteiger partial charge on any atom is 0.322 e. The Morgan fingerprint density at radius 3 is 2.61 bits per heavy atom. The molecule has 9 nitrogen and oxygen atoms in total. The molecule has 0 aliphatic carbocycles. The molecule has 0 radical (unpaired) electrons. The van der Waals surface area contributed by atoms with Crippen LogP contribution in [0.15, 0.2) is 71.7 Å². The van der Waals surface area contributed by atoms with Crippen LogP contribution in [0.25, 0.3) is 39.2 Å². The van der Waals surface area contributed by atoms with Crippen LogP contribution in [0.3, 0.4) is 0 Å². The Balaban J connectivity index is 1.39. The second-order valence-electron chi connectivity index (χ2n) is 8.93. The van der Waals surface area contributed by atoms with Gasteiger partial charge in [0.1, 0.15) is 17.8 Å². The van der Waals surface area contributed by atoms with E-state index in [0.717, 1.165) is 44.9 Å². The molecule has 0 spiro atoms. The zero-order valence-electron chi connectivity index (χ0n) is 20.1. The zero-order valence-corrected chi connectivity index (χ0v) is 20.1. The number of benzene rings is 2. The number of anilines is 1. The largest absolute Gasteiger partial charge is 0.461 e. The normalized spacial score (nSPS) is 13.9. The molecule has 5 aromatic rings. The number of hydrogen-bond acceptors (Lipinski definition) is 5. The topological polar surface area (TPSA) is 90.4 Å². The molecular weight excluding hydrogens is 456 g/mol. The number of morpholine rings is 1. The molecule has 0 atom stereocenters. The lowest BCUT2D eigenvalue weighted by Crippen LogP contribution is -2.43. The van der Waals surface area contributed by atoms with E-state index in [1.807, 2.05) is 61.3 Å². The van der Waals surface area contributed by atoms with E-state index in [-0.39, 0.29) is 6.03 Å². The Bertz CT molecular complexity index is 1560. The third kappa shape index (κ3) is 4.25. The van der Waals surface area contributed by atoms with Gasteiger partial charge in [-0.2, -0.15) is 5.10 Å². The van der Waals surface area contributed by atoms with E-state index in [0.29, 0.717) is 32.0 Å². The number of rotatable bonds is 4. The number of furan rings is 1. The van der Waals surface area contributed by atoms with Gasteiger partial charge in [0.15, 0.2) is 0 Å². The third-order valence-corrected chi connectivity index (χ3v) is 6.36. The number of aromatic nitrogens is 4. The number of imidazole rings is 1. The number of aryl methyl sites for hydroxylation is 2. The predicted molar refractivity (Wildman–Crippen MR) is 137 cm³/mol. The number of carbonyl (C=O) groups excluding carboxylic acids is 1. The average Bonchev–Trinajstić information content (AvgIpc) is 3.63. The molecule has 1 aliphatic rings. The highest BCUT2D eigenvalue weighted by Gasteiger charge is 2.18. The number of fused-ring (bicyclic) bond motifs is 1. The van der Waals surface area contributed by atoms with Crippen LogP contribution in [0, 0.1) is 6.92 Å². The van der Waals surface area contributed by atoms with Crippen LogP contribution >= 0.6 is 0 Å². The first-order valence-corrected chi connectivity index (χ1v) is 11.9. The van der Waals surface area contributed by atoms with Gasteiger partial charge in [0.2, 0.25) is 0 Å². The summed E-state index contributed by atoms with van der Waals surface area (Å²) in [5.41, 5.74) is 6.34. The fraction of sp³-hybridized carbons (Fsp3) is 0.222. The fourth-order valence-corrected chi connectivity index (χ4v) is 4.49. The minimum atomic E-state index is -0.145. The van der Waals surface area contributed by atoms with Crippen molar-refractivity contribution in [2.75, 3.05) is 31.6 Å². The summed E-state index contributed by atoms with van der Waals surface area (Å²) in [6.45, 7) is 4.15. The van der Waals surface area contributed by atoms with Crippen LogP contribution in [0.2, 0.25) is 0 Å². The second-order valence-corrected chi connectivity index (χ2v) is 8.93. The monoisotopic (exact) mass is 482 g/mol. The summed E-state index contributed by atoms with van der Waals surface area (Å²) in [6.07, 6.45) is 5.63. The van der Waals surface area contributed by atoms with Gasteiger partial charge in [-0.3, -0.25) is 9.25 Å². The van der Waals surface area contributed by atoms with E-state index in [2.05, 4.69) is 33.6 Å². The molecule has 1 fully saturated rings. The van der Waals surface area contributed by atoms with Gasteiger partial charge in [-0.1, -0.05) is 6.07 Å². The molecule has 1 saturated heterocycles. The SMILES string of the molecule is Cc1ccc(-c2cc(NC(=O)N3CCOCC3)cc(-n3cnc4cc(-c5cnn(C)c5)ccc43)c2)o1. The maximum atomic E-state index is 12.9. The highest BCUT2D eigenvalue weighted by atomic mass is 16.5. The van der Waals surface area contributed by atoms with Crippen molar-refractivity contribution < 1.29 is 13.9 Å². The minimum absolute atomic E-state index is 0.145. The summed E-state index contributed by atoms with van der Waals surface area (Å²) in [7, 11) is 1.90. The molecule has 4 heterocycles. The quantitative estimate of drug-likeness (QED) is 0.395. The van der Waals surface area contributed by atoms with E-state index in [9.17, 15) is 4.79 Å². The molecule has 2 aromatic carbocycles. The van der Waals surface area contributed by atoms with Crippen molar-refractivity contribution in [3.63, 3.8) is 0 Å². The lowest BCUT2D eigenvalue weighted by molar-refractivity contribution is 0.0564. The third-order valence-electron chi connectivity index (χ3n) is 6.36. The van der Waals surface area contributed by atoms with Crippen molar-refractivity contribution in [3.05, 3.63) is 73.0 Å². The van der Waals surface area contributed by atoms with Gasteiger partial charge in [0, 0.05) is 48.8 Å². The molecule has 0 bridgehead atoms. The van der Waals surface area contributed by atoms with Crippen molar-refractivity contribution in [1.29, 1.82) is 0 Å². The zero-order chi connectivity index (χ0) is 24.6. The summed E-state index contributed by atoms with van der Waals surface area (Å²) >= 11 is 0. The maximum absolute atomic E-state index is 12.9. The Morgan fingerprint density at radius 2 is 1.86 bits per heavy atom. The van der Waals surface area contributed by atoms with Crippen LogP contribution in [0.4, 0.5) is 10.5 Å². The molecule has 1 aliphatic heterocycles. The fourth-order valence-electron chi connectivity index (χ4n) is 4.49. The number of hydrogen-bond donors (Lipinski definition) is 1. The molecule has 36 heavy (non-hydrogen) atoms. The Labute approximate surface area is 207 Å². The molecule has 0 unspecified atom stereocenters. The molecule has 1 N–H and O–H groups in total. The van der Waals surface area contributed by atoms with Crippen LogP contribution in [-0.4, -0.2) is 56.6 Å². The van der Waals surface area contributed by atoms with Crippen LogP contribution in [0.5, 0.6) is 0 Å². The summed E-state index contributed by atoms with van der Waals surface area (Å²) in [5, 5.41) is 7.33. The first-order chi connectivity index (χ1) is 17.5. The van der Waals surface area contributed by atoms with Crippen molar-refractivity contribution in [2.45, 2.75) is 6.92 Å². The van der Waals surface area contributed by atoms with Gasteiger partial charge in [-0.15, -0.1) is 0 Å². The molecular formula is C27H26N6O3. The summed E-state index contributed by atoms with van der Waals surface area (Å²) in [4.78, 5) is 19.3. The summed E-state index contributed by atoms with van der Waals surface area (Å²) < 4.78 is 15.1. The van der Waals surface area contributed by atoms with E-state index in [1.165, 1.54) is 0 Å². The van der Waals surface area contributed by atoms with Crippen LogP contribution in [0.1, 0.15) is 5.76 Å². The van der Waals surface area contributed by atoms with Gasteiger partial charge in [-0.25, -0.2) is 9.78 Å². The van der Waals surface area contributed by atoms with Crippen LogP contribution in [-0.2, 0) is 11.8 Å². The first kappa shape index (κ1) is 22.1. The van der Waals surface area contributed by atoms with Crippen LogP contribution < -0.4 is 5.32 Å². The number of amides is 2. The second kappa shape index (κ2) is 9.01. The van der Waals surface area contributed by atoms with Crippen molar-refractivity contribution in [3.8, 4) is 28.1 Å². The number of nitrogens with zero attached hydrogens (tertiary/aromatic N) is 5.